The quantitative estimate of drug-likeness (QED) is 0.355. The number of fused-ring (bicyclic) bond motifs is 1. The van der Waals surface area contributed by atoms with E-state index < -0.39 is 0 Å². The average molecular weight is 365 g/mol. The highest BCUT2D eigenvalue weighted by atomic mass is 32.2. The lowest BCUT2D eigenvalue weighted by Crippen LogP contribution is -2.33. The second kappa shape index (κ2) is 7.08. The van der Waals surface area contributed by atoms with E-state index in [1.807, 2.05) is 0 Å². The van der Waals surface area contributed by atoms with E-state index in [1.54, 1.807) is 17.8 Å². The van der Waals surface area contributed by atoms with E-state index in [1.165, 1.54) is 28.9 Å². The number of allylic oxidation sites excluding steroid dienone is 1. The lowest BCUT2D eigenvalue weighted by Gasteiger charge is -2.42. The van der Waals surface area contributed by atoms with Crippen LogP contribution >= 0.6 is 11.8 Å². The molecule has 0 spiro atoms. The highest BCUT2D eigenvalue weighted by Gasteiger charge is 2.37. The fourth-order valence-corrected chi connectivity index (χ4v) is 4.36. The molecule has 3 rings (SSSR count). The zero-order chi connectivity index (χ0) is 18.9. The van der Waals surface area contributed by atoms with Gasteiger partial charge in [-0.25, -0.2) is 0 Å². The minimum absolute atomic E-state index is 0.163. The van der Waals surface area contributed by atoms with Gasteiger partial charge in [0.1, 0.15) is 6.29 Å². The van der Waals surface area contributed by atoms with Crippen LogP contribution in [0.2, 0.25) is 0 Å². The molecular weight excluding hydrogens is 336 g/mol. The van der Waals surface area contributed by atoms with Gasteiger partial charge in [-0.05, 0) is 76.0 Å². The number of hydrogen-bond donors (Lipinski definition) is 0. The van der Waals surface area contributed by atoms with Crippen molar-refractivity contribution in [3.05, 3.63) is 70.8 Å². The van der Waals surface area contributed by atoms with Crippen LogP contribution in [0.4, 0.5) is 0 Å². The van der Waals surface area contributed by atoms with Gasteiger partial charge < -0.3 is 0 Å². The summed E-state index contributed by atoms with van der Waals surface area (Å²) in [5.41, 5.74) is 6.44. The summed E-state index contributed by atoms with van der Waals surface area (Å²) in [6.07, 6.45) is 7.05. The van der Waals surface area contributed by atoms with Crippen molar-refractivity contribution >= 4 is 23.6 Å². The molecule has 0 saturated heterocycles. The van der Waals surface area contributed by atoms with Crippen molar-refractivity contribution in [1.82, 2.24) is 0 Å². The predicted octanol–water partition coefficient (Wildman–Crippen LogP) is 6.39. The molecule has 136 valence electrons. The van der Waals surface area contributed by atoms with Crippen LogP contribution in [0.1, 0.15) is 62.8 Å². The first kappa shape index (κ1) is 19.0. The van der Waals surface area contributed by atoms with Gasteiger partial charge in [-0.2, -0.15) is 0 Å². The molecule has 0 bridgehead atoms. The molecule has 2 heteroatoms. The maximum absolute atomic E-state index is 11.3. The van der Waals surface area contributed by atoms with Crippen molar-refractivity contribution in [3.63, 3.8) is 0 Å². The topological polar surface area (TPSA) is 17.1 Å². The van der Waals surface area contributed by atoms with E-state index in [-0.39, 0.29) is 10.8 Å². The summed E-state index contributed by atoms with van der Waals surface area (Å²) in [7, 11) is 0. The van der Waals surface area contributed by atoms with Crippen molar-refractivity contribution in [2.45, 2.75) is 56.3 Å². The maximum atomic E-state index is 11.3. The van der Waals surface area contributed by atoms with Crippen LogP contribution < -0.4 is 0 Å². The van der Waals surface area contributed by atoms with Gasteiger partial charge in [0.25, 0.3) is 0 Å². The van der Waals surface area contributed by atoms with Gasteiger partial charge in [0.15, 0.2) is 0 Å². The Morgan fingerprint density at radius 2 is 1.46 bits per heavy atom. The van der Waals surface area contributed by atoms with Gasteiger partial charge >= 0.3 is 0 Å². The molecule has 0 radical (unpaired) electrons. The van der Waals surface area contributed by atoms with Crippen LogP contribution in [0.25, 0.3) is 5.57 Å². The van der Waals surface area contributed by atoms with Crippen LogP contribution in [-0.4, -0.2) is 12.5 Å². The fourth-order valence-electron chi connectivity index (χ4n) is 3.95. The predicted molar refractivity (Wildman–Crippen MR) is 113 cm³/mol. The molecule has 26 heavy (non-hydrogen) atoms. The van der Waals surface area contributed by atoms with Crippen molar-refractivity contribution in [2.75, 3.05) is 6.26 Å². The average Bonchev–Trinajstić information content (AvgIpc) is 2.63. The minimum Gasteiger partial charge on any atom is -0.299 e. The second-order valence-corrected chi connectivity index (χ2v) is 9.35. The molecule has 0 amide bonds. The summed E-state index contributed by atoms with van der Waals surface area (Å²) >= 11 is 1.73. The number of benzene rings is 2. The summed E-state index contributed by atoms with van der Waals surface area (Å²) in [5, 5.41) is 0. The molecule has 0 unspecified atom stereocenters. The molecule has 2 aromatic rings. The van der Waals surface area contributed by atoms with Crippen molar-refractivity contribution < 1.29 is 4.79 Å². The summed E-state index contributed by atoms with van der Waals surface area (Å²) in [4.78, 5) is 12.6. The van der Waals surface area contributed by atoms with Crippen LogP contribution in [0, 0.1) is 0 Å². The maximum Gasteiger partial charge on any atom is 0.143 e. The molecular formula is C24H28OS. The number of carbonyl (C=O) groups excluding carboxylic acids is 1. The first-order valence-electron chi connectivity index (χ1n) is 9.24. The highest BCUT2D eigenvalue weighted by molar-refractivity contribution is 7.98. The van der Waals surface area contributed by atoms with Gasteiger partial charge in [-0.3, -0.25) is 4.79 Å². The van der Waals surface area contributed by atoms with Crippen LogP contribution in [0.5, 0.6) is 0 Å². The summed E-state index contributed by atoms with van der Waals surface area (Å²) in [6, 6.07) is 15.2. The van der Waals surface area contributed by atoms with Gasteiger partial charge in [0, 0.05) is 4.90 Å². The monoisotopic (exact) mass is 364 g/mol. The zero-order valence-electron chi connectivity index (χ0n) is 16.4. The van der Waals surface area contributed by atoms with Crippen molar-refractivity contribution in [3.8, 4) is 0 Å². The Bertz CT molecular complexity index is 841. The third-order valence-corrected chi connectivity index (χ3v) is 6.54. The Kier molecular flexibility index (Phi) is 5.16. The molecule has 0 N–H and O–H groups in total. The number of rotatable bonds is 4. The number of thioether (sulfide) groups is 1. The van der Waals surface area contributed by atoms with E-state index in [2.05, 4.69) is 76.4 Å². The zero-order valence-corrected chi connectivity index (χ0v) is 17.2. The standard InChI is InChI=1S/C24H28OS/c1-23(2)13-14-24(3,4)22-16-18(8-11-21(22)23)20(12-15-25)17-6-9-19(26-5)10-7-17/h6-12,15-16H,13-14H2,1-5H3. The Morgan fingerprint density at radius 3 is 2.04 bits per heavy atom. The molecule has 0 aliphatic heterocycles. The Hall–Kier alpha value is -1.80. The van der Waals surface area contributed by atoms with Crippen LogP contribution in [0.3, 0.4) is 0 Å². The normalized spacial score (nSPS) is 18.3. The molecule has 0 heterocycles. The molecule has 0 atom stereocenters. The van der Waals surface area contributed by atoms with Gasteiger partial charge in [-0.15, -0.1) is 11.8 Å². The van der Waals surface area contributed by atoms with Gasteiger partial charge in [0.05, 0.1) is 0 Å². The summed E-state index contributed by atoms with van der Waals surface area (Å²) in [6.45, 7) is 9.34. The Balaban J connectivity index is 2.12. The number of aldehydes is 1. The van der Waals surface area contributed by atoms with Crippen molar-refractivity contribution in [2.24, 2.45) is 0 Å². The van der Waals surface area contributed by atoms with Gasteiger partial charge in [-0.1, -0.05) is 58.0 Å². The van der Waals surface area contributed by atoms with Crippen molar-refractivity contribution in [1.29, 1.82) is 0 Å². The molecule has 1 nitrogen and oxygen atoms in total. The largest absolute Gasteiger partial charge is 0.299 e. The number of carbonyl (C=O) groups is 1. The fraction of sp³-hybridized carbons (Fsp3) is 0.375. The molecule has 0 aromatic heterocycles. The van der Waals surface area contributed by atoms with E-state index in [4.69, 9.17) is 0 Å². The Labute approximate surface area is 161 Å². The first-order chi connectivity index (χ1) is 12.3. The highest BCUT2D eigenvalue weighted by Crippen LogP contribution is 2.46. The summed E-state index contributed by atoms with van der Waals surface area (Å²) in [5.74, 6) is 0. The van der Waals surface area contributed by atoms with E-state index in [0.717, 1.165) is 23.0 Å². The molecule has 1 aliphatic rings. The third-order valence-electron chi connectivity index (χ3n) is 5.80. The first-order valence-corrected chi connectivity index (χ1v) is 10.5. The molecule has 1 aliphatic carbocycles. The smallest absolute Gasteiger partial charge is 0.143 e. The van der Waals surface area contributed by atoms with Crippen LogP contribution in [0.15, 0.2) is 53.4 Å². The third kappa shape index (κ3) is 3.53. The lowest BCUT2D eigenvalue weighted by atomic mass is 9.63. The Morgan fingerprint density at radius 1 is 0.885 bits per heavy atom. The molecule has 0 fully saturated rings. The second-order valence-electron chi connectivity index (χ2n) is 8.47. The summed E-state index contributed by atoms with van der Waals surface area (Å²) < 4.78 is 0. The SMILES string of the molecule is CSc1ccc(C(=CC=O)c2ccc3c(c2)C(C)(C)CCC3(C)C)cc1. The van der Waals surface area contributed by atoms with Crippen LogP contribution in [-0.2, 0) is 15.6 Å². The van der Waals surface area contributed by atoms with Gasteiger partial charge in [0.2, 0.25) is 0 Å². The molecule has 2 aromatic carbocycles. The molecule has 0 saturated carbocycles. The minimum atomic E-state index is 0.163. The van der Waals surface area contributed by atoms with E-state index in [0.29, 0.717) is 0 Å². The lowest BCUT2D eigenvalue weighted by molar-refractivity contribution is -0.104. The van der Waals surface area contributed by atoms with E-state index in [9.17, 15) is 4.79 Å². The van der Waals surface area contributed by atoms with E-state index >= 15 is 0 Å². The number of hydrogen-bond acceptors (Lipinski definition) is 2.